The van der Waals surface area contributed by atoms with Gasteiger partial charge in [0.25, 0.3) is 0 Å². The molecule has 2 aromatic rings. The molecule has 2 fully saturated rings. The van der Waals surface area contributed by atoms with Crippen LogP contribution in [0.25, 0.3) is 0 Å². The van der Waals surface area contributed by atoms with Gasteiger partial charge in [0.1, 0.15) is 5.82 Å². The molecule has 2 saturated carbocycles. The molecule has 1 amide bonds. The van der Waals surface area contributed by atoms with Gasteiger partial charge in [0.15, 0.2) is 4.34 Å². The Bertz CT molecular complexity index is 845. The molecule has 2 bridgehead atoms. The van der Waals surface area contributed by atoms with E-state index in [9.17, 15) is 9.18 Å². The van der Waals surface area contributed by atoms with Crippen molar-refractivity contribution in [2.24, 2.45) is 17.8 Å². The summed E-state index contributed by atoms with van der Waals surface area (Å²) in [6.45, 7) is 4.03. The number of fused-ring (bicyclic) bond motifs is 2. The lowest BCUT2D eigenvalue weighted by Crippen LogP contribution is -2.43. The first-order valence-electron chi connectivity index (χ1n) is 9.81. The average Bonchev–Trinajstić information content (AvgIpc) is 3.41. The Morgan fingerprint density at radius 3 is 2.79 bits per heavy atom. The topological polar surface area (TPSA) is 66.9 Å². The van der Waals surface area contributed by atoms with E-state index < -0.39 is 0 Å². The van der Waals surface area contributed by atoms with Crippen LogP contribution in [-0.4, -0.2) is 27.4 Å². The van der Waals surface area contributed by atoms with Gasteiger partial charge < -0.3 is 10.6 Å². The highest BCUT2D eigenvalue weighted by molar-refractivity contribution is 8.02. The minimum Gasteiger partial charge on any atom is -0.352 e. The summed E-state index contributed by atoms with van der Waals surface area (Å²) in [5.41, 5.74) is 0.362. The SMILES string of the molecule is CC(Sc1nnc(Nc2ccccc2F)s1)C(=O)NC(C)C1CC2CCC1C2. The first-order chi connectivity index (χ1) is 13.5. The number of halogens is 1. The lowest BCUT2D eigenvalue weighted by Gasteiger charge is -2.29. The maximum atomic E-state index is 13.7. The number of carbonyl (C=O) groups excluding carboxylic acids is 1. The highest BCUT2D eigenvalue weighted by Crippen LogP contribution is 2.49. The fraction of sp³-hybridized carbons (Fsp3) is 0.550. The number of aromatic nitrogens is 2. The van der Waals surface area contributed by atoms with Crippen molar-refractivity contribution in [2.75, 3.05) is 5.32 Å². The van der Waals surface area contributed by atoms with E-state index >= 15 is 0 Å². The summed E-state index contributed by atoms with van der Waals surface area (Å²) < 4.78 is 14.4. The Hall–Kier alpha value is -1.67. The van der Waals surface area contributed by atoms with E-state index in [4.69, 9.17) is 0 Å². The van der Waals surface area contributed by atoms with Crippen molar-refractivity contribution in [3.63, 3.8) is 0 Å². The fourth-order valence-electron chi connectivity index (χ4n) is 4.55. The summed E-state index contributed by atoms with van der Waals surface area (Å²) in [7, 11) is 0. The minimum atomic E-state index is -0.339. The molecule has 1 aromatic carbocycles. The van der Waals surface area contributed by atoms with Gasteiger partial charge in [-0.1, -0.05) is 41.7 Å². The Kier molecular flexibility index (Phi) is 5.87. The third-order valence-corrected chi connectivity index (χ3v) is 8.00. The molecule has 0 spiro atoms. The molecule has 5 nitrogen and oxygen atoms in total. The molecule has 8 heteroatoms. The zero-order valence-corrected chi connectivity index (χ0v) is 17.7. The van der Waals surface area contributed by atoms with Gasteiger partial charge in [-0.05, 0) is 63.0 Å². The van der Waals surface area contributed by atoms with Crippen LogP contribution in [0.5, 0.6) is 0 Å². The van der Waals surface area contributed by atoms with Crippen molar-refractivity contribution < 1.29 is 9.18 Å². The second-order valence-corrected chi connectivity index (χ2v) is 10.4. The lowest BCUT2D eigenvalue weighted by molar-refractivity contribution is -0.121. The fourth-order valence-corrected chi connectivity index (χ4v) is 6.46. The molecule has 1 aromatic heterocycles. The van der Waals surface area contributed by atoms with Gasteiger partial charge in [-0.2, -0.15) is 0 Å². The van der Waals surface area contributed by atoms with Gasteiger partial charge in [0.2, 0.25) is 11.0 Å². The molecule has 5 unspecified atom stereocenters. The Balaban J connectivity index is 1.30. The number of nitrogens with zero attached hydrogens (tertiary/aromatic N) is 2. The molecule has 0 aliphatic heterocycles. The average molecular weight is 421 g/mol. The number of carbonyl (C=O) groups is 1. The second kappa shape index (κ2) is 8.37. The third kappa shape index (κ3) is 4.33. The molecule has 28 heavy (non-hydrogen) atoms. The molecule has 2 aliphatic rings. The van der Waals surface area contributed by atoms with Crippen LogP contribution >= 0.6 is 23.1 Å². The highest BCUT2D eigenvalue weighted by atomic mass is 32.2. The lowest BCUT2D eigenvalue weighted by atomic mass is 9.84. The summed E-state index contributed by atoms with van der Waals surface area (Å²) in [6, 6.07) is 6.66. The molecule has 1 heterocycles. The molecule has 2 N–H and O–H groups in total. The van der Waals surface area contributed by atoms with Crippen LogP contribution in [0.15, 0.2) is 28.6 Å². The predicted molar refractivity (Wildman–Crippen MR) is 111 cm³/mol. The molecule has 2 aliphatic carbocycles. The number of benzene rings is 1. The molecular weight excluding hydrogens is 395 g/mol. The normalized spacial score (nSPS) is 25.5. The molecule has 0 radical (unpaired) electrons. The Labute approximate surface area is 172 Å². The maximum absolute atomic E-state index is 13.7. The van der Waals surface area contributed by atoms with Gasteiger partial charge in [-0.15, -0.1) is 10.2 Å². The minimum absolute atomic E-state index is 0.0408. The zero-order valence-electron chi connectivity index (χ0n) is 16.0. The monoisotopic (exact) mass is 420 g/mol. The standard InChI is InChI=1S/C20H25FN4OS2/c1-11(15-10-13-7-8-14(15)9-13)22-18(26)12(2)27-20-25-24-19(28-20)23-17-6-4-3-5-16(17)21/h3-6,11-15H,7-10H2,1-2H3,(H,22,26)(H,23,24). The largest absolute Gasteiger partial charge is 0.352 e. The van der Waals surface area contributed by atoms with Crippen molar-refractivity contribution in [1.82, 2.24) is 15.5 Å². The summed E-state index contributed by atoms with van der Waals surface area (Å²) in [4.78, 5) is 12.6. The first-order valence-corrected chi connectivity index (χ1v) is 11.5. The number of para-hydroxylation sites is 1. The van der Waals surface area contributed by atoms with Crippen molar-refractivity contribution in [2.45, 2.75) is 55.2 Å². The molecular formula is C20H25FN4OS2. The smallest absolute Gasteiger partial charge is 0.233 e. The maximum Gasteiger partial charge on any atom is 0.233 e. The van der Waals surface area contributed by atoms with Crippen molar-refractivity contribution in [3.05, 3.63) is 30.1 Å². The van der Waals surface area contributed by atoms with E-state index in [0.29, 0.717) is 21.1 Å². The Morgan fingerprint density at radius 2 is 2.07 bits per heavy atom. The van der Waals surface area contributed by atoms with Gasteiger partial charge >= 0.3 is 0 Å². The van der Waals surface area contributed by atoms with E-state index in [2.05, 4.69) is 27.8 Å². The Morgan fingerprint density at radius 1 is 1.25 bits per heavy atom. The van der Waals surface area contributed by atoms with Crippen LogP contribution in [-0.2, 0) is 4.79 Å². The number of thioether (sulfide) groups is 1. The second-order valence-electron chi connectivity index (χ2n) is 7.87. The van der Waals surface area contributed by atoms with E-state index in [1.165, 1.54) is 54.8 Å². The molecule has 4 rings (SSSR count). The van der Waals surface area contributed by atoms with Gasteiger partial charge in [-0.3, -0.25) is 4.79 Å². The molecule has 0 saturated heterocycles. The van der Waals surface area contributed by atoms with Gasteiger partial charge in [-0.25, -0.2) is 4.39 Å². The van der Waals surface area contributed by atoms with Crippen LogP contribution in [0.1, 0.15) is 39.5 Å². The summed E-state index contributed by atoms with van der Waals surface area (Å²) in [5, 5.41) is 14.6. The van der Waals surface area contributed by atoms with E-state index in [-0.39, 0.29) is 23.0 Å². The third-order valence-electron chi connectivity index (χ3n) is 5.97. The quantitative estimate of drug-likeness (QED) is 0.627. The number of hydrogen-bond acceptors (Lipinski definition) is 6. The van der Waals surface area contributed by atoms with Crippen molar-refractivity contribution in [3.8, 4) is 0 Å². The molecule has 150 valence electrons. The number of nitrogens with one attached hydrogen (secondary N) is 2. The van der Waals surface area contributed by atoms with Crippen molar-refractivity contribution >= 4 is 39.8 Å². The van der Waals surface area contributed by atoms with Crippen LogP contribution in [0, 0.1) is 23.6 Å². The molecule has 5 atom stereocenters. The summed E-state index contributed by atoms with van der Waals surface area (Å²) >= 11 is 2.71. The van der Waals surface area contributed by atoms with E-state index in [1.807, 2.05) is 6.92 Å². The van der Waals surface area contributed by atoms with Crippen LogP contribution in [0.4, 0.5) is 15.2 Å². The number of rotatable bonds is 7. The van der Waals surface area contributed by atoms with Gasteiger partial charge in [0.05, 0.1) is 10.9 Å². The first kappa shape index (κ1) is 19.6. The number of amides is 1. The highest BCUT2D eigenvalue weighted by Gasteiger charge is 2.42. The van der Waals surface area contributed by atoms with Crippen LogP contribution in [0.2, 0.25) is 0 Å². The number of anilines is 2. The van der Waals surface area contributed by atoms with E-state index in [1.54, 1.807) is 18.2 Å². The van der Waals surface area contributed by atoms with Gasteiger partial charge in [0, 0.05) is 6.04 Å². The summed E-state index contributed by atoms with van der Waals surface area (Å²) in [5.74, 6) is 1.99. The zero-order chi connectivity index (χ0) is 19.7. The van der Waals surface area contributed by atoms with Crippen LogP contribution < -0.4 is 10.6 Å². The van der Waals surface area contributed by atoms with E-state index in [0.717, 1.165) is 11.8 Å². The predicted octanol–water partition coefficient (Wildman–Crippen LogP) is 4.84. The van der Waals surface area contributed by atoms with Crippen LogP contribution in [0.3, 0.4) is 0 Å². The number of hydrogen-bond donors (Lipinski definition) is 2. The van der Waals surface area contributed by atoms with Crippen molar-refractivity contribution in [1.29, 1.82) is 0 Å². The summed E-state index contributed by atoms with van der Waals surface area (Å²) in [6.07, 6.45) is 5.30.